The Morgan fingerprint density at radius 2 is 1.67 bits per heavy atom. The number of nitrogen functional groups attached to an aromatic ring is 1. The van der Waals surface area contributed by atoms with Crippen molar-refractivity contribution in [2.75, 3.05) is 5.73 Å². The fraction of sp³-hybridized carbons (Fsp3) is 0.176. The van der Waals surface area contributed by atoms with Crippen molar-refractivity contribution >= 4 is 5.82 Å². The van der Waals surface area contributed by atoms with Gasteiger partial charge in [-0.25, -0.2) is 0 Å². The number of aromatic nitrogens is 3. The molecule has 4 heteroatoms. The largest absolute Gasteiger partial charge is 0.382 e. The fourth-order valence-electron chi connectivity index (χ4n) is 2.35. The van der Waals surface area contributed by atoms with Gasteiger partial charge in [0.25, 0.3) is 0 Å². The van der Waals surface area contributed by atoms with Gasteiger partial charge in [0.15, 0.2) is 5.82 Å². The van der Waals surface area contributed by atoms with E-state index in [1.54, 1.807) is 4.68 Å². The van der Waals surface area contributed by atoms with E-state index in [2.05, 4.69) is 37.1 Å². The molecule has 0 spiro atoms. The Kier molecular flexibility index (Phi) is 3.22. The quantitative estimate of drug-likeness (QED) is 0.781. The number of nitrogens with zero attached hydrogens (tertiary/aromatic N) is 3. The van der Waals surface area contributed by atoms with E-state index in [0.717, 1.165) is 22.5 Å². The molecule has 0 fully saturated rings. The summed E-state index contributed by atoms with van der Waals surface area (Å²) in [6, 6.07) is 14.2. The number of rotatable bonds is 2. The zero-order chi connectivity index (χ0) is 15.0. The van der Waals surface area contributed by atoms with Crippen LogP contribution in [-0.2, 0) is 0 Å². The van der Waals surface area contributed by atoms with E-state index in [9.17, 15) is 0 Å². The molecule has 2 N–H and O–H groups in total. The van der Waals surface area contributed by atoms with Gasteiger partial charge in [-0.05, 0) is 38.0 Å². The number of hydrogen-bond acceptors (Lipinski definition) is 3. The monoisotopic (exact) mass is 278 g/mol. The second-order valence-electron chi connectivity index (χ2n) is 5.32. The summed E-state index contributed by atoms with van der Waals surface area (Å²) in [7, 11) is 0. The molecule has 0 aliphatic heterocycles. The first-order valence-corrected chi connectivity index (χ1v) is 6.92. The third kappa shape index (κ3) is 2.29. The minimum absolute atomic E-state index is 0.563. The van der Waals surface area contributed by atoms with Crippen molar-refractivity contribution in [3.05, 3.63) is 59.2 Å². The molecule has 0 atom stereocenters. The van der Waals surface area contributed by atoms with E-state index in [0.29, 0.717) is 5.82 Å². The first-order chi connectivity index (χ1) is 10.1. The zero-order valence-electron chi connectivity index (χ0n) is 12.5. The highest BCUT2D eigenvalue weighted by molar-refractivity contribution is 5.71. The molecule has 1 heterocycles. The van der Waals surface area contributed by atoms with E-state index in [-0.39, 0.29) is 0 Å². The predicted octanol–water partition coefficient (Wildman–Crippen LogP) is 3.44. The SMILES string of the molecule is Cc1ccc(-c2nnn(-c3cccc(C)c3C)c2N)cc1. The summed E-state index contributed by atoms with van der Waals surface area (Å²) in [5.74, 6) is 0.563. The number of hydrogen-bond donors (Lipinski definition) is 1. The van der Waals surface area contributed by atoms with Crippen LogP contribution in [-0.4, -0.2) is 15.0 Å². The molecule has 0 aliphatic rings. The van der Waals surface area contributed by atoms with Gasteiger partial charge in [-0.3, -0.25) is 0 Å². The lowest BCUT2D eigenvalue weighted by molar-refractivity contribution is 0.804. The highest BCUT2D eigenvalue weighted by atomic mass is 15.5. The Bertz CT molecular complexity index is 785. The van der Waals surface area contributed by atoms with Gasteiger partial charge in [0.2, 0.25) is 0 Å². The van der Waals surface area contributed by atoms with Crippen molar-refractivity contribution in [2.24, 2.45) is 0 Å². The summed E-state index contributed by atoms with van der Waals surface area (Å²) in [5.41, 5.74) is 12.5. The van der Waals surface area contributed by atoms with E-state index in [4.69, 9.17) is 5.73 Å². The van der Waals surface area contributed by atoms with Crippen molar-refractivity contribution in [1.82, 2.24) is 15.0 Å². The maximum absolute atomic E-state index is 6.26. The predicted molar refractivity (Wildman–Crippen MR) is 85.4 cm³/mol. The zero-order valence-corrected chi connectivity index (χ0v) is 12.5. The Balaban J connectivity index is 2.11. The lowest BCUT2D eigenvalue weighted by Crippen LogP contribution is -2.05. The highest BCUT2D eigenvalue weighted by Gasteiger charge is 2.14. The molecule has 21 heavy (non-hydrogen) atoms. The molecule has 3 rings (SSSR count). The Labute approximate surface area is 124 Å². The first-order valence-electron chi connectivity index (χ1n) is 6.92. The van der Waals surface area contributed by atoms with Crippen molar-refractivity contribution in [1.29, 1.82) is 0 Å². The van der Waals surface area contributed by atoms with Gasteiger partial charge in [-0.15, -0.1) is 5.10 Å². The topological polar surface area (TPSA) is 56.7 Å². The van der Waals surface area contributed by atoms with Gasteiger partial charge in [-0.1, -0.05) is 47.2 Å². The van der Waals surface area contributed by atoms with Crippen molar-refractivity contribution in [3.8, 4) is 16.9 Å². The smallest absolute Gasteiger partial charge is 0.155 e. The molecule has 0 aliphatic carbocycles. The van der Waals surface area contributed by atoms with E-state index < -0.39 is 0 Å². The lowest BCUT2D eigenvalue weighted by atomic mass is 10.1. The molecule has 3 aromatic rings. The van der Waals surface area contributed by atoms with Gasteiger partial charge < -0.3 is 5.73 Å². The van der Waals surface area contributed by atoms with Crippen LogP contribution >= 0.6 is 0 Å². The summed E-state index contributed by atoms with van der Waals surface area (Å²) < 4.78 is 1.71. The molecular weight excluding hydrogens is 260 g/mol. The summed E-state index contributed by atoms with van der Waals surface area (Å²) in [6.45, 7) is 6.20. The molecule has 0 unspecified atom stereocenters. The number of anilines is 1. The van der Waals surface area contributed by atoms with Crippen LogP contribution in [0.1, 0.15) is 16.7 Å². The lowest BCUT2D eigenvalue weighted by Gasteiger charge is -2.09. The molecule has 0 saturated heterocycles. The van der Waals surface area contributed by atoms with Crippen molar-refractivity contribution in [3.63, 3.8) is 0 Å². The first kappa shape index (κ1) is 13.4. The van der Waals surface area contributed by atoms with Gasteiger partial charge in [0, 0.05) is 5.56 Å². The molecule has 0 saturated carbocycles. The van der Waals surface area contributed by atoms with Crippen molar-refractivity contribution < 1.29 is 0 Å². The third-order valence-electron chi connectivity index (χ3n) is 3.83. The van der Waals surface area contributed by atoms with Crippen LogP contribution in [0.3, 0.4) is 0 Å². The van der Waals surface area contributed by atoms with Gasteiger partial charge >= 0.3 is 0 Å². The average Bonchev–Trinajstić information content (AvgIpc) is 2.85. The third-order valence-corrected chi connectivity index (χ3v) is 3.83. The molecule has 1 aromatic heterocycles. The molecule has 106 valence electrons. The summed E-state index contributed by atoms with van der Waals surface area (Å²) in [6.07, 6.45) is 0. The van der Waals surface area contributed by atoms with Crippen molar-refractivity contribution in [2.45, 2.75) is 20.8 Å². The molecule has 0 radical (unpaired) electrons. The van der Waals surface area contributed by atoms with E-state index in [1.165, 1.54) is 11.1 Å². The van der Waals surface area contributed by atoms with Crippen LogP contribution in [0.15, 0.2) is 42.5 Å². The molecular formula is C17H18N4. The Hall–Kier alpha value is -2.62. The molecule has 0 amide bonds. The molecule has 4 nitrogen and oxygen atoms in total. The van der Waals surface area contributed by atoms with Crippen LogP contribution in [0.4, 0.5) is 5.82 Å². The number of benzene rings is 2. The minimum atomic E-state index is 0.563. The highest BCUT2D eigenvalue weighted by Crippen LogP contribution is 2.27. The van der Waals surface area contributed by atoms with Crippen LogP contribution in [0.2, 0.25) is 0 Å². The Morgan fingerprint density at radius 1 is 0.952 bits per heavy atom. The maximum Gasteiger partial charge on any atom is 0.155 e. The average molecular weight is 278 g/mol. The molecule has 0 bridgehead atoms. The van der Waals surface area contributed by atoms with Gasteiger partial charge in [0.1, 0.15) is 5.69 Å². The second-order valence-corrected chi connectivity index (χ2v) is 5.32. The summed E-state index contributed by atoms with van der Waals surface area (Å²) >= 11 is 0. The molecule has 2 aromatic carbocycles. The maximum atomic E-state index is 6.26. The summed E-state index contributed by atoms with van der Waals surface area (Å²) in [5, 5.41) is 8.48. The minimum Gasteiger partial charge on any atom is -0.382 e. The number of nitrogens with two attached hydrogens (primary N) is 1. The van der Waals surface area contributed by atoms with Gasteiger partial charge in [0.05, 0.1) is 5.69 Å². The number of aryl methyl sites for hydroxylation is 2. The normalized spacial score (nSPS) is 10.8. The second kappa shape index (κ2) is 5.05. The van der Waals surface area contributed by atoms with Crippen LogP contribution in [0, 0.1) is 20.8 Å². The van der Waals surface area contributed by atoms with E-state index >= 15 is 0 Å². The fourth-order valence-corrected chi connectivity index (χ4v) is 2.35. The van der Waals surface area contributed by atoms with E-state index in [1.807, 2.05) is 36.4 Å². The van der Waals surface area contributed by atoms with Gasteiger partial charge in [-0.2, -0.15) is 4.68 Å². The standard InChI is InChI=1S/C17H18N4/c1-11-7-9-14(10-8-11)16-17(18)21(20-19-16)15-6-4-5-12(2)13(15)3/h4-10H,18H2,1-3H3. The van der Waals surface area contributed by atoms with Crippen LogP contribution in [0.5, 0.6) is 0 Å². The van der Waals surface area contributed by atoms with Crippen LogP contribution < -0.4 is 5.73 Å². The summed E-state index contributed by atoms with van der Waals surface area (Å²) in [4.78, 5) is 0. The Morgan fingerprint density at radius 3 is 2.38 bits per heavy atom. The van der Waals surface area contributed by atoms with Crippen LogP contribution in [0.25, 0.3) is 16.9 Å².